The zero-order chi connectivity index (χ0) is 14.2. The first-order chi connectivity index (χ1) is 10.3. The molecular weight excluding hydrogens is 280 g/mol. The molecule has 1 aromatic carbocycles. The number of anilines is 1. The van der Waals surface area contributed by atoms with Gasteiger partial charge in [-0.3, -0.25) is 0 Å². The van der Waals surface area contributed by atoms with Gasteiger partial charge in [-0.15, -0.1) is 0 Å². The Morgan fingerprint density at radius 3 is 2.52 bits per heavy atom. The summed E-state index contributed by atoms with van der Waals surface area (Å²) in [6.45, 7) is 2.37. The van der Waals surface area contributed by atoms with E-state index in [2.05, 4.69) is 17.0 Å². The van der Waals surface area contributed by atoms with Crippen LogP contribution in [0.5, 0.6) is 0 Å². The van der Waals surface area contributed by atoms with Crippen LogP contribution in [0, 0.1) is 11.8 Å². The summed E-state index contributed by atoms with van der Waals surface area (Å²) < 4.78 is 0. The van der Waals surface area contributed by atoms with Crippen LogP contribution in [-0.2, 0) is 6.61 Å². The van der Waals surface area contributed by atoms with Crippen molar-refractivity contribution < 1.29 is 5.11 Å². The Morgan fingerprint density at radius 1 is 1.14 bits per heavy atom. The van der Waals surface area contributed by atoms with Gasteiger partial charge in [-0.25, -0.2) is 4.98 Å². The Kier molecular flexibility index (Phi) is 3.43. The highest BCUT2D eigenvalue weighted by Crippen LogP contribution is 2.42. The Hall–Kier alpha value is -1.39. The lowest BCUT2D eigenvalue weighted by Gasteiger charge is -2.15. The first-order valence-corrected chi connectivity index (χ1v) is 8.57. The molecule has 1 aliphatic carbocycles. The number of hydrogen-bond acceptors (Lipinski definition) is 4. The van der Waals surface area contributed by atoms with E-state index < -0.39 is 0 Å². The molecule has 2 atom stereocenters. The second-order valence-corrected chi connectivity index (χ2v) is 7.21. The zero-order valence-electron chi connectivity index (χ0n) is 12.0. The lowest BCUT2D eigenvalue weighted by Crippen LogP contribution is -2.20. The molecule has 110 valence electrons. The minimum absolute atomic E-state index is 0.0720. The van der Waals surface area contributed by atoms with Crippen LogP contribution in [0.4, 0.5) is 5.13 Å². The van der Waals surface area contributed by atoms with Gasteiger partial charge in [0.1, 0.15) is 0 Å². The third-order valence-corrected chi connectivity index (χ3v) is 5.97. The summed E-state index contributed by atoms with van der Waals surface area (Å²) in [5.74, 6) is 1.73. The Bertz CT molecular complexity index is 613. The van der Waals surface area contributed by atoms with Crippen LogP contribution in [0.3, 0.4) is 0 Å². The summed E-state index contributed by atoms with van der Waals surface area (Å²) in [4.78, 5) is 8.26. The van der Waals surface area contributed by atoms with Gasteiger partial charge in [0.15, 0.2) is 5.13 Å². The first kappa shape index (κ1) is 13.3. The van der Waals surface area contributed by atoms with Crippen molar-refractivity contribution in [2.24, 2.45) is 11.8 Å². The van der Waals surface area contributed by atoms with E-state index in [4.69, 9.17) is 4.98 Å². The molecule has 21 heavy (non-hydrogen) atoms. The van der Waals surface area contributed by atoms with E-state index >= 15 is 0 Å². The van der Waals surface area contributed by atoms with Crippen molar-refractivity contribution in [1.82, 2.24) is 4.98 Å². The summed E-state index contributed by atoms with van der Waals surface area (Å²) >= 11 is 1.66. The molecule has 0 bridgehead atoms. The van der Waals surface area contributed by atoms with Gasteiger partial charge in [-0.1, -0.05) is 48.1 Å². The second kappa shape index (κ2) is 5.43. The highest BCUT2D eigenvalue weighted by Gasteiger charge is 2.37. The lowest BCUT2D eigenvalue weighted by atomic mass is 10.0. The fraction of sp³-hybridized carbons (Fsp3) is 0.471. The third-order valence-electron chi connectivity index (χ3n) is 4.87. The van der Waals surface area contributed by atoms with Crippen molar-refractivity contribution >= 4 is 16.5 Å². The van der Waals surface area contributed by atoms with Gasteiger partial charge >= 0.3 is 0 Å². The van der Waals surface area contributed by atoms with E-state index in [-0.39, 0.29) is 6.61 Å². The van der Waals surface area contributed by atoms with Crippen LogP contribution in [0.25, 0.3) is 11.3 Å². The fourth-order valence-corrected chi connectivity index (χ4v) is 4.75. The molecule has 1 aliphatic heterocycles. The quantitative estimate of drug-likeness (QED) is 0.942. The highest BCUT2D eigenvalue weighted by molar-refractivity contribution is 7.16. The minimum atomic E-state index is 0.0720. The molecule has 1 saturated carbocycles. The van der Waals surface area contributed by atoms with E-state index in [0.717, 1.165) is 46.2 Å². The third kappa shape index (κ3) is 2.36. The minimum Gasteiger partial charge on any atom is -0.391 e. The van der Waals surface area contributed by atoms with Crippen LogP contribution in [0.2, 0.25) is 0 Å². The molecule has 2 unspecified atom stereocenters. The molecule has 0 amide bonds. The lowest BCUT2D eigenvalue weighted by molar-refractivity contribution is 0.286. The van der Waals surface area contributed by atoms with Crippen molar-refractivity contribution in [2.45, 2.75) is 25.9 Å². The van der Waals surface area contributed by atoms with Gasteiger partial charge in [0, 0.05) is 18.7 Å². The topological polar surface area (TPSA) is 36.4 Å². The van der Waals surface area contributed by atoms with Gasteiger partial charge in [-0.2, -0.15) is 0 Å². The van der Waals surface area contributed by atoms with E-state index in [9.17, 15) is 5.11 Å². The number of hydrogen-bond donors (Lipinski definition) is 1. The van der Waals surface area contributed by atoms with Gasteiger partial charge in [-0.05, 0) is 24.7 Å². The fourth-order valence-electron chi connectivity index (χ4n) is 3.79. The van der Waals surface area contributed by atoms with E-state index in [0.29, 0.717) is 0 Å². The van der Waals surface area contributed by atoms with Gasteiger partial charge in [0.05, 0.1) is 17.2 Å². The van der Waals surface area contributed by atoms with Gasteiger partial charge in [0.2, 0.25) is 0 Å². The molecule has 0 spiro atoms. The Morgan fingerprint density at radius 2 is 1.86 bits per heavy atom. The molecule has 1 saturated heterocycles. The largest absolute Gasteiger partial charge is 0.391 e. The molecule has 0 radical (unpaired) electrons. The van der Waals surface area contributed by atoms with E-state index in [1.54, 1.807) is 11.3 Å². The van der Waals surface area contributed by atoms with Crippen molar-refractivity contribution in [2.75, 3.05) is 18.0 Å². The molecule has 1 N–H and O–H groups in total. The Balaban J connectivity index is 1.64. The smallest absolute Gasteiger partial charge is 0.186 e. The summed E-state index contributed by atoms with van der Waals surface area (Å²) in [6, 6.07) is 10.2. The van der Waals surface area contributed by atoms with E-state index in [1.807, 2.05) is 18.2 Å². The van der Waals surface area contributed by atoms with Crippen LogP contribution in [-0.4, -0.2) is 23.2 Å². The first-order valence-electron chi connectivity index (χ1n) is 7.76. The van der Waals surface area contributed by atoms with Gasteiger partial charge < -0.3 is 10.0 Å². The number of aliphatic hydroxyl groups is 1. The molecule has 2 aromatic rings. The average molecular weight is 300 g/mol. The summed E-state index contributed by atoms with van der Waals surface area (Å²) in [6.07, 6.45) is 4.16. The number of benzene rings is 1. The van der Waals surface area contributed by atoms with Crippen molar-refractivity contribution in [1.29, 1.82) is 0 Å². The summed E-state index contributed by atoms with van der Waals surface area (Å²) in [7, 11) is 0. The van der Waals surface area contributed by atoms with Crippen LogP contribution >= 0.6 is 11.3 Å². The summed E-state index contributed by atoms with van der Waals surface area (Å²) in [5, 5.41) is 10.7. The summed E-state index contributed by atoms with van der Waals surface area (Å²) in [5.41, 5.74) is 2.05. The number of fused-ring (bicyclic) bond motifs is 1. The van der Waals surface area contributed by atoms with Crippen molar-refractivity contribution in [3.63, 3.8) is 0 Å². The molecule has 2 fully saturated rings. The molecule has 2 aliphatic rings. The van der Waals surface area contributed by atoms with Crippen LogP contribution in [0.15, 0.2) is 30.3 Å². The van der Waals surface area contributed by atoms with E-state index in [1.165, 1.54) is 19.3 Å². The molecular formula is C17H20N2OS. The number of aliphatic hydroxyl groups excluding tert-OH is 1. The zero-order valence-corrected chi connectivity index (χ0v) is 12.9. The Labute approximate surface area is 129 Å². The monoisotopic (exact) mass is 300 g/mol. The molecule has 3 nitrogen and oxygen atoms in total. The molecule has 4 rings (SSSR count). The number of aromatic nitrogens is 1. The second-order valence-electron chi connectivity index (χ2n) is 6.15. The maximum Gasteiger partial charge on any atom is 0.186 e. The number of nitrogens with zero attached hydrogens (tertiary/aromatic N) is 2. The number of rotatable bonds is 3. The standard InChI is InChI=1S/C17H20N2OS/c20-11-15-16(12-5-2-1-3-6-12)18-17(21-15)19-9-13-7-4-8-14(13)10-19/h1-3,5-6,13-14,20H,4,7-11H2. The van der Waals surface area contributed by atoms with Crippen molar-refractivity contribution in [3.8, 4) is 11.3 Å². The number of thiazole rings is 1. The predicted molar refractivity (Wildman–Crippen MR) is 86.5 cm³/mol. The molecule has 2 heterocycles. The SMILES string of the molecule is OCc1sc(N2CC3CCCC3C2)nc1-c1ccccc1. The van der Waals surface area contributed by atoms with Crippen LogP contribution in [0.1, 0.15) is 24.1 Å². The maximum atomic E-state index is 9.65. The molecule has 4 heteroatoms. The van der Waals surface area contributed by atoms with Crippen molar-refractivity contribution in [3.05, 3.63) is 35.2 Å². The van der Waals surface area contributed by atoms with Crippen LogP contribution < -0.4 is 4.90 Å². The highest BCUT2D eigenvalue weighted by atomic mass is 32.1. The predicted octanol–water partition coefficient (Wildman–Crippen LogP) is 3.54. The van der Waals surface area contributed by atoms with Gasteiger partial charge in [0.25, 0.3) is 0 Å². The molecule has 1 aromatic heterocycles. The average Bonchev–Trinajstić information content (AvgIpc) is 3.21. The maximum absolute atomic E-state index is 9.65. The normalized spacial score (nSPS) is 24.5.